The summed E-state index contributed by atoms with van der Waals surface area (Å²) in [6.07, 6.45) is 1.13. The number of carbonyl (C=O) groups excluding carboxylic acids is 1. The van der Waals surface area contributed by atoms with Crippen LogP contribution in [0.3, 0.4) is 0 Å². The molecule has 0 spiro atoms. The number of nitro benzene ring substituents is 1. The highest BCUT2D eigenvalue weighted by Crippen LogP contribution is 2.38. The summed E-state index contributed by atoms with van der Waals surface area (Å²) in [6.45, 7) is -0.0538. The van der Waals surface area contributed by atoms with Crippen molar-refractivity contribution < 1.29 is 19.2 Å². The van der Waals surface area contributed by atoms with Gasteiger partial charge in [-0.3, -0.25) is 14.9 Å². The second kappa shape index (κ2) is 7.13. The first-order chi connectivity index (χ1) is 12.5. The minimum absolute atomic E-state index is 0.0538. The summed E-state index contributed by atoms with van der Waals surface area (Å²) in [7, 11) is 0. The maximum absolute atomic E-state index is 12.3. The quantitative estimate of drug-likeness (QED) is 0.380. The maximum Gasteiger partial charge on any atom is 0.280 e. The molecule has 0 saturated carbocycles. The lowest BCUT2D eigenvalue weighted by molar-refractivity contribution is -0.385. The van der Waals surface area contributed by atoms with Crippen molar-refractivity contribution in [2.45, 2.75) is 0 Å². The van der Waals surface area contributed by atoms with E-state index >= 15 is 0 Å². The van der Waals surface area contributed by atoms with Crippen LogP contribution in [0.2, 0.25) is 5.02 Å². The predicted molar refractivity (Wildman–Crippen MR) is 92.9 cm³/mol. The van der Waals surface area contributed by atoms with Crippen LogP contribution in [0.25, 0.3) is 6.08 Å². The molecule has 0 bridgehead atoms. The minimum Gasteiger partial charge on any atom is -0.454 e. The lowest BCUT2D eigenvalue weighted by Crippen LogP contribution is -2.13. The molecule has 1 aliphatic rings. The summed E-state index contributed by atoms with van der Waals surface area (Å²) in [4.78, 5) is 22.9. The van der Waals surface area contributed by atoms with E-state index in [0.29, 0.717) is 16.5 Å². The number of benzene rings is 2. The van der Waals surface area contributed by atoms with Gasteiger partial charge in [0, 0.05) is 10.7 Å². The molecule has 2 aromatic rings. The molecule has 9 heteroatoms. The molecular weight excluding hydrogens is 362 g/mol. The highest BCUT2D eigenvalue weighted by atomic mass is 35.5. The summed E-state index contributed by atoms with van der Waals surface area (Å²) >= 11 is 5.78. The van der Waals surface area contributed by atoms with Gasteiger partial charge in [0.2, 0.25) is 6.79 Å². The van der Waals surface area contributed by atoms with Crippen LogP contribution in [-0.2, 0) is 4.79 Å². The molecule has 3 rings (SSSR count). The van der Waals surface area contributed by atoms with Crippen LogP contribution < -0.4 is 14.8 Å². The number of hydrogen-bond acceptors (Lipinski definition) is 6. The summed E-state index contributed by atoms with van der Waals surface area (Å²) in [5.41, 5.74) is -0.119. The molecule has 130 valence electrons. The second-order valence-electron chi connectivity index (χ2n) is 5.15. The standard InChI is InChI=1S/C17H10ClN3O5/c18-12-1-3-13(4-2-12)20-17(22)11(8-19)5-10-6-15-16(26-9-25-15)7-14(10)21(23)24/h1-7H,9H2,(H,20,22)/b11-5+. The van der Waals surface area contributed by atoms with Gasteiger partial charge in [0.25, 0.3) is 11.6 Å². The van der Waals surface area contributed by atoms with Gasteiger partial charge < -0.3 is 14.8 Å². The molecule has 1 aliphatic heterocycles. The molecule has 26 heavy (non-hydrogen) atoms. The smallest absolute Gasteiger partial charge is 0.280 e. The van der Waals surface area contributed by atoms with Crippen LogP contribution >= 0.6 is 11.6 Å². The van der Waals surface area contributed by atoms with Crippen molar-refractivity contribution in [3.63, 3.8) is 0 Å². The van der Waals surface area contributed by atoms with E-state index in [0.717, 1.165) is 6.08 Å². The highest BCUT2D eigenvalue weighted by molar-refractivity contribution is 6.30. The zero-order chi connectivity index (χ0) is 18.7. The number of anilines is 1. The minimum atomic E-state index is -0.707. The van der Waals surface area contributed by atoms with Crippen LogP contribution in [0.1, 0.15) is 5.56 Å². The van der Waals surface area contributed by atoms with E-state index in [-0.39, 0.29) is 29.4 Å². The van der Waals surface area contributed by atoms with Crippen molar-refractivity contribution in [2.75, 3.05) is 12.1 Å². The van der Waals surface area contributed by atoms with Gasteiger partial charge in [-0.1, -0.05) is 11.6 Å². The Morgan fingerprint density at radius 1 is 1.27 bits per heavy atom. The van der Waals surface area contributed by atoms with Gasteiger partial charge >= 0.3 is 0 Å². The average Bonchev–Trinajstić information content (AvgIpc) is 3.08. The number of nitrogens with one attached hydrogen (secondary N) is 1. The SMILES string of the molecule is N#C/C(=C\c1cc2c(cc1[N+](=O)[O-])OCO2)C(=O)Nc1ccc(Cl)cc1. The normalized spacial score (nSPS) is 12.4. The molecule has 2 aromatic carbocycles. The summed E-state index contributed by atoms with van der Waals surface area (Å²) in [6, 6.07) is 10.6. The number of carbonyl (C=O) groups is 1. The van der Waals surface area contributed by atoms with Gasteiger partial charge in [0.1, 0.15) is 11.6 Å². The first-order valence-electron chi connectivity index (χ1n) is 7.24. The van der Waals surface area contributed by atoms with Gasteiger partial charge in [-0.25, -0.2) is 0 Å². The van der Waals surface area contributed by atoms with Crippen molar-refractivity contribution in [3.8, 4) is 17.6 Å². The van der Waals surface area contributed by atoms with E-state index in [2.05, 4.69) is 5.32 Å². The van der Waals surface area contributed by atoms with Gasteiger partial charge in [0.05, 0.1) is 16.6 Å². The highest BCUT2D eigenvalue weighted by Gasteiger charge is 2.23. The zero-order valence-corrected chi connectivity index (χ0v) is 13.8. The van der Waals surface area contributed by atoms with Gasteiger partial charge in [-0.15, -0.1) is 0 Å². The molecule has 1 N–H and O–H groups in total. The molecule has 0 aromatic heterocycles. The van der Waals surface area contributed by atoms with Crippen LogP contribution in [0.4, 0.5) is 11.4 Å². The lowest BCUT2D eigenvalue weighted by atomic mass is 10.1. The molecule has 0 fully saturated rings. The van der Waals surface area contributed by atoms with E-state index < -0.39 is 10.8 Å². The first kappa shape index (κ1) is 17.3. The van der Waals surface area contributed by atoms with E-state index in [1.807, 2.05) is 0 Å². The summed E-state index contributed by atoms with van der Waals surface area (Å²) in [5, 5.41) is 23.6. The monoisotopic (exact) mass is 371 g/mol. The number of nitrogens with zero attached hydrogens (tertiary/aromatic N) is 2. The lowest BCUT2D eigenvalue weighted by Gasteiger charge is -2.05. The third kappa shape index (κ3) is 3.58. The van der Waals surface area contributed by atoms with Gasteiger partial charge in [-0.2, -0.15) is 5.26 Å². The molecule has 0 aliphatic carbocycles. The van der Waals surface area contributed by atoms with Crippen molar-refractivity contribution in [1.29, 1.82) is 5.26 Å². The number of ether oxygens (including phenoxy) is 2. The van der Waals surface area contributed by atoms with E-state index in [9.17, 15) is 20.2 Å². The second-order valence-corrected chi connectivity index (χ2v) is 5.59. The Hall–Kier alpha value is -3.57. The fourth-order valence-corrected chi connectivity index (χ4v) is 2.38. The fraction of sp³-hybridized carbons (Fsp3) is 0.0588. The van der Waals surface area contributed by atoms with Crippen LogP contribution in [0, 0.1) is 21.4 Å². The van der Waals surface area contributed by atoms with Crippen LogP contribution in [0.5, 0.6) is 11.5 Å². The largest absolute Gasteiger partial charge is 0.454 e. The Balaban J connectivity index is 1.93. The Kier molecular flexibility index (Phi) is 4.73. The van der Waals surface area contributed by atoms with E-state index in [1.54, 1.807) is 30.3 Å². The average molecular weight is 372 g/mol. The summed E-state index contributed by atoms with van der Waals surface area (Å²) in [5.74, 6) is -0.169. The van der Waals surface area contributed by atoms with E-state index in [4.69, 9.17) is 21.1 Å². The summed E-state index contributed by atoms with van der Waals surface area (Å²) < 4.78 is 10.3. The molecule has 0 radical (unpaired) electrons. The Morgan fingerprint density at radius 3 is 2.54 bits per heavy atom. The van der Waals surface area contributed by atoms with E-state index in [1.165, 1.54) is 12.1 Å². The van der Waals surface area contributed by atoms with Gasteiger partial charge in [0.15, 0.2) is 11.5 Å². The predicted octanol–water partition coefficient (Wildman–Crippen LogP) is 3.52. The number of nitriles is 1. The zero-order valence-electron chi connectivity index (χ0n) is 13.1. The molecule has 0 atom stereocenters. The van der Waals surface area contributed by atoms with Gasteiger partial charge in [-0.05, 0) is 36.4 Å². The fourth-order valence-electron chi connectivity index (χ4n) is 2.26. The topological polar surface area (TPSA) is 114 Å². The molecule has 0 saturated heterocycles. The first-order valence-corrected chi connectivity index (χ1v) is 7.62. The Labute approximate surface area is 152 Å². The molecule has 1 amide bonds. The van der Waals surface area contributed by atoms with Crippen LogP contribution in [-0.4, -0.2) is 17.6 Å². The Bertz CT molecular complexity index is 964. The van der Waals surface area contributed by atoms with Crippen molar-refractivity contribution in [2.24, 2.45) is 0 Å². The number of amides is 1. The maximum atomic E-state index is 12.3. The van der Waals surface area contributed by atoms with Crippen molar-refractivity contribution in [3.05, 3.63) is 62.7 Å². The number of fused-ring (bicyclic) bond motifs is 1. The van der Waals surface area contributed by atoms with Crippen LogP contribution in [0.15, 0.2) is 42.0 Å². The van der Waals surface area contributed by atoms with Crippen molar-refractivity contribution >= 4 is 35.0 Å². The number of hydrogen-bond donors (Lipinski definition) is 1. The molecular formula is C17H10ClN3O5. The third-order valence-electron chi connectivity index (χ3n) is 3.49. The van der Waals surface area contributed by atoms with Crippen molar-refractivity contribution in [1.82, 2.24) is 0 Å². The number of nitro groups is 1. The molecule has 0 unspecified atom stereocenters. The molecule has 8 nitrogen and oxygen atoms in total. The molecule has 1 heterocycles. The third-order valence-corrected chi connectivity index (χ3v) is 3.74. The number of rotatable bonds is 4. The number of halogens is 1. The Morgan fingerprint density at radius 2 is 1.92 bits per heavy atom.